The fraction of sp³-hybridized carbons (Fsp3) is 0.550. The third-order valence-corrected chi connectivity index (χ3v) is 5.63. The van der Waals surface area contributed by atoms with E-state index < -0.39 is 6.36 Å². The Morgan fingerprint density at radius 2 is 1.74 bits per heavy atom. The average Bonchev–Trinajstić information content (AvgIpc) is 3.19. The second-order valence-electron chi connectivity index (χ2n) is 8.15. The van der Waals surface area contributed by atoms with E-state index in [0.29, 0.717) is 23.5 Å². The largest absolute Gasteiger partial charge is 0.573 e. The maximum Gasteiger partial charge on any atom is 0.573 e. The number of alkyl halides is 3. The number of likely N-dealkylation sites (tertiary alicyclic amines) is 1. The van der Waals surface area contributed by atoms with Gasteiger partial charge < -0.3 is 19.7 Å². The fourth-order valence-electron chi connectivity index (χ4n) is 4.28. The van der Waals surface area contributed by atoms with E-state index in [9.17, 15) is 18.4 Å². The van der Waals surface area contributed by atoms with Crippen molar-refractivity contribution in [3.8, 4) is 23.7 Å². The molecule has 11 heteroatoms. The normalized spacial score (nSPS) is 23.0. The second-order valence-corrected chi connectivity index (χ2v) is 8.15. The van der Waals surface area contributed by atoms with Crippen LogP contribution in [0.15, 0.2) is 24.3 Å². The highest BCUT2D eigenvalue weighted by Crippen LogP contribution is 2.38. The molecule has 0 amide bonds. The maximum atomic E-state index is 12.3. The quantitative estimate of drug-likeness (QED) is 0.681. The first-order valence-electron chi connectivity index (χ1n) is 10.1. The summed E-state index contributed by atoms with van der Waals surface area (Å²) in [6.45, 7) is 5.32. The number of anilines is 1. The highest BCUT2D eigenvalue weighted by atomic mass is 19.4. The van der Waals surface area contributed by atoms with Gasteiger partial charge in [0.1, 0.15) is 11.5 Å². The molecule has 2 fully saturated rings. The minimum atomic E-state index is -4.75. The molecule has 0 spiro atoms. The van der Waals surface area contributed by atoms with Crippen LogP contribution in [0.3, 0.4) is 0 Å². The summed E-state index contributed by atoms with van der Waals surface area (Å²) in [5.74, 6) is 1.14. The van der Waals surface area contributed by atoms with E-state index in [-0.39, 0.29) is 23.8 Å². The Morgan fingerprint density at radius 3 is 2.29 bits per heavy atom. The van der Waals surface area contributed by atoms with Crippen LogP contribution in [0, 0.1) is 23.3 Å². The van der Waals surface area contributed by atoms with Crippen LogP contribution in [0.25, 0.3) is 0 Å². The van der Waals surface area contributed by atoms with Crippen LogP contribution < -0.4 is 14.8 Å². The molecule has 2 aliphatic rings. The number of hydrogen-bond acceptors (Lipinski definition) is 7. The molecule has 4 rings (SSSR count). The van der Waals surface area contributed by atoms with E-state index in [1.54, 1.807) is 9.58 Å². The lowest BCUT2D eigenvalue weighted by Gasteiger charge is -2.35. The molecule has 1 aromatic heterocycles. The van der Waals surface area contributed by atoms with E-state index in [4.69, 9.17) is 4.74 Å². The molecule has 8 nitrogen and oxygen atoms in total. The summed E-state index contributed by atoms with van der Waals surface area (Å²) >= 11 is 0. The number of fused-ring (bicyclic) bond motifs is 2. The zero-order valence-electron chi connectivity index (χ0n) is 17.1. The molecule has 1 aliphatic carbocycles. The number of ether oxygens (including phenoxy) is 2. The predicted molar refractivity (Wildman–Crippen MR) is 104 cm³/mol. The fourth-order valence-corrected chi connectivity index (χ4v) is 4.28. The zero-order chi connectivity index (χ0) is 22.2. The van der Waals surface area contributed by atoms with Crippen molar-refractivity contribution in [3.05, 3.63) is 24.3 Å². The van der Waals surface area contributed by atoms with E-state index in [1.807, 2.05) is 13.8 Å². The summed E-state index contributed by atoms with van der Waals surface area (Å²) in [4.78, 5) is 6.27. The summed E-state index contributed by atoms with van der Waals surface area (Å²) in [5.41, 5.74) is 0. The molecule has 1 aromatic carbocycles. The summed E-state index contributed by atoms with van der Waals surface area (Å²) in [6, 6.07) is 5.51. The number of benzene rings is 1. The second kappa shape index (κ2) is 8.17. The Kier molecular flexibility index (Phi) is 5.56. The minimum absolute atomic E-state index is 0.0388. The summed E-state index contributed by atoms with van der Waals surface area (Å²) < 4.78 is 48.3. The van der Waals surface area contributed by atoms with E-state index in [0.717, 1.165) is 25.9 Å². The van der Waals surface area contributed by atoms with Gasteiger partial charge in [-0.3, -0.25) is 0 Å². The highest BCUT2D eigenvalue weighted by Gasteiger charge is 2.42. The molecular weight excluding hydrogens is 413 g/mol. The van der Waals surface area contributed by atoms with Gasteiger partial charge in [0, 0.05) is 19.1 Å². The van der Waals surface area contributed by atoms with Crippen molar-refractivity contribution >= 4 is 5.95 Å². The number of nitrogens with one attached hydrogen (secondary N) is 1. The Morgan fingerprint density at radius 1 is 1.13 bits per heavy atom. The van der Waals surface area contributed by atoms with Crippen molar-refractivity contribution in [1.82, 2.24) is 19.7 Å². The molecule has 1 aliphatic heterocycles. The summed E-state index contributed by atoms with van der Waals surface area (Å²) in [6.07, 6.45) is -0.393. The van der Waals surface area contributed by atoms with Gasteiger partial charge in [0.05, 0.1) is 6.04 Å². The first-order valence-corrected chi connectivity index (χ1v) is 10.1. The van der Waals surface area contributed by atoms with Crippen LogP contribution in [0.1, 0.15) is 32.7 Å². The highest BCUT2D eigenvalue weighted by molar-refractivity contribution is 5.35. The van der Waals surface area contributed by atoms with E-state index in [2.05, 4.69) is 26.3 Å². The zero-order valence-corrected chi connectivity index (χ0v) is 17.1. The molecule has 2 aromatic rings. The standard InChI is InChI=1S/C20H23F3N6O2/c1-12(2)29-19(30-15-5-7-16(8-6-15)31-20(21,22)23)26-18(27-29)25-17-13-3-4-14(17)10-28(9-13)11-24/h5-8,12-14,17H,3-4,9-10H2,1-2H3,(H,25,27)/t13-,14+,17+. The monoisotopic (exact) mass is 436 g/mol. The van der Waals surface area contributed by atoms with Gasteiger partial charge >= 0.3 is 12.4 Å². The Labute approximate surface area is 177 Å². The number of piperidine rings is 1. The van der Waals surface area contributed by atoms with Gasteiger partial charge in [0.25, 0.3) is 0 Å². The molecule has 2 heterocycles. The van der Waals surface area contributed by atoms with Gasteiger partial charge in [-0.25, -0.2) is 4.68 Å². The lowest BCUT2D eigenvalue weighted by Crippen LogP contribution is -2.46. The summed E-state index contributed by atoms with van der Waals surface area (Å²) in [7, 11) is 0. The van der Waals surface area contributed by atoms with Crippen LogP contribution in [-0.4, -0.2) is 45.2 Å². The van der Waals surface area contributed by atoms with Gasteiger partial charge in [-0.2, -0.15) is 10.2 Å². The molecule has 2 bridgehead atoms. The Balaban J connectivity index is 1.48. The Hall–Kier alpha value is -3.16. The maximum absolute atomic E-state index is 12.3. The molecule has 31 heavy (non-hydrogen) atoms. The third-order valence-electron chi connectivity index (χ3n) is 5.63. The van der Waals surface area contributed by atoms with Gasteiger partial charge in [-0.15, -0.1) is 18.3 Å². The van der Waals surface area contributed by atoms with Crippen LogP contribution in [-0.2, 0) is 0 Å². The number of halogens is 3. The first-order chi connectivity index (χ1) is 14.7. The lowest BCUT2D eigenvalue weighted by atomic mass is 9.92. The van der Waals surface area contributed by atoms with Crippen molar-refractivity contribution in [2.45, 2.75) is 45.1 Å². The third kappa shape index (κ3) is 4.78. The molecule has 0 radical (unpaired) electrons. The number of hydrogen-bond donors (Lipinski definition) is 1. The van der Waals surface area contributed by atoms with Gasteiger partial charge in [-0.1, -0.05) is 0 Å². The SMILES string of the molecule is CC(C)n1nc(N[C@H]2[C@@H]3CC[C@H]2CN(C#N)C3)nc1Oc1ccc(OC(F)(F)F)cc1. The van der Waals surface area contributed by atoms with Crippen molar-refractivity contribution < 1.29 is 22.6 Å². The lowest BCUT2D eigenvalue weighted by molar-refractivity contribution is -0.274. The van der Waals surface area contributed by atoms with Gasteiger partial charge in [0.15, 0.2) is 6.19 Å². The van der Waals surface area contributed by atoms with Gasteiger partial charge in [-0.05, 0) is 62.8 Å². The molecule has 3 atom stereocenters. The number of nitrogens with zero attached hydrogens (tertiary/aromatic N) is 5. The average molecular weight is 436 g/mol. The van der Waals surface area contributed by atoms with Crippen LogP contribution in [0.4, 0.5) is 19.1 Å². The number of nitriles is 1. The van der Waals surface area contributed by atoms with Gasteiger partial charge in [0.2, 0.25) is 5.95 Å². The molecule has 1 saturated heterocycles. The number of rotatable bonds is 6. The smallest absolute Gasteiger partial charge is 0.424 e. The number of aromatic nitrogens is 3. The first kappa shape index (κ1) is 21.1. The van der Waals surface area contributed by atoms with Crippen molar-refractivity contribution in [3.63, 3.8) is 0 Å². The van der Waals surface area contributed by atoms with Crippen LogP contribution >= 0.6 is 0 Å². The van der Waals surface area contributed by atoms with Crippen LogP contribution in [0.2, 0.25) is 0 Å². The van der Waals surface area contributed by atoms with Crippen molar-refractivity contribution in [2.24, 2.45) is 11.8 Å². The predicted octanol–water partition coefficient (Wildman–Crippen LogP) is 4.15. The summed E-state index contributed by atoms with van der Waals surface area (Å²) in [5, 5.41) is 17.1. The van der Waals surface area contributed by atoms with Crippen molar-refractivity contribution in [1.29, 1.82) is 5.26 Å². The molecule has 1 N–H and O–H groups in total. The molecular formula is C20H23F3N6O2. The van der Waals surface area contributed by atoms with E-state index >= 15 is 0 Å². The molecule has 0 unspecified atom stereocenters. The van der Waals surface area contributed by atoms with E-state index in [1.165, 1.54) is 24.3 Å². The topological polar surface area (TPSA) is 88.2 Å². The molecule has 1 saturated carbocycles. The Bertz CT molecular complexity index is 939. The van der Waals surface area contributed by atoms with Crippen molar-refractivity contribution in [2.75, 3.05) is 18.4 Å². The minimum Gasteiger partial charge on any atom is -0.424 e. The molecule has 166 valence electrons. The van der Waals surface area contributed by atoms with Crippen LogP contribution in [0.5, 0.6) is 17.5 Å².